The van der Waals surface area contributed by atoms with Crippen LogP contribution in [-0.4, -0.2) is 69.9 Å². The predicted molar refractivity (Wildman–Crippen MR) is 77.3 cm³/mol. The monoisotopic (exact) mass is 365 g/mol. The molecule has 3 rings (SSSR count). The Kier molecular flexibility index (Phi) is 5.17. The summed E-state index contributed by atoms with van der Waals surface area (Å²) in [6.07, 6.45) is -2.49. The lowest BCUT2D eigenvalue weighted by molar-refractivity contribution is -0.0504. The van der Waals surface area contributed by atoms with E-state index in [1.807, 2.05) is 0 Å². The second-order valence-electron chi connectivity index (χ2n) is 4.92. The van der Waals surface area contributed by atoms with Gasteiger partial charge in [-0.05, 0) is 0 Å². The molecule has 1 aliphatic heterocycles. The molecule has 3 heterocycles. The Hall–Kier alpha value is -1.70. The molecule has 2 aromatic heterocycles. The number of hydrogen-bond donors (Lipinski definition) is 5. The van der Waals surface area contributed by atoms with Crippen LogP contribution in [0.4, 0.5) is 5.82 Å². The summed E-state index contributed by atoms with van der Waals surface area (Å²) in [4.78, 5) is 29.2. The van der Waals surface area contributed by atoms with Gasteiger partial charge in [-0.15, -0.1) is 0 Å². The molecule has 2 unspecified atom stereocenters. The minimum atomic E-state index is -4.72. The van der Waals surface area contributed by atoms with Crippen molar-refractivity contribution in [1.82, 2.24) is 19.5 Å². The Morgan fingerprint density at radius 1 is 1.29 bits per heavy atom. The highest BCUT2D eigenvalue weighted by Gasteiger charge is 2.45. The Labute approximate surface area is 134 Å². The smallest absolute Gasteiger partial charge is 0.412 e. The third kappa shape index (κ3) is 3.38. The molecule has 0 aromatic carbocycles. The van der Waals surface area contributed by atoms with E-state index in [0.29, 0.717) is 5.52 Å². The van der Waals surface area contributed by atoms with E-state index in [0.717, 1.165) is 0 Å². The number of ether oxygens (including phenoxy) is 1. The summed E-state index contributed by atoms with van der Waals surface area (Å²) in [5.74, 6) is 0.142. The molecule has 8 N–H and O–H groups in total. The van der Waals surface area contributed by atoms with Crippen molar-refractivity contribution in [3.05, 3.63) is 12.7 Å². The zero-order chi connectivity index (χ0) is 16.8. The van der Waals surface area contributed by atoms with E-state index in [2.05, 4.69) is 19.5 Å². The van der Waals surface area contributed by atoms with Crippen LogP contribution in [0, 0.1) is 0 Å². The van der Waals surface area contributed by atoms with Crippen molar-refractivity contribution in [2.75, 3.05) is 12.3 Å². The molecule has 4 atom stereocenters. The van der Waals surface area contributed by atoms with Crippen molar-refractivity contribution >= 4 is 24.8 Å². The minimum Gasteiger partial charge on any atom is -0.412 e. The van der Waals surface area contributed by atoms with E-state index in [1.165, 1.54) is 17.2 Å². The van der Waals surface area contributed by atoms with Crippen LogP contribution in [0.25, 0.3) is 11.2 Å². The highest BCUT2D eigenvalue weighted by atomic mass is 31.2. The number of rotatable bonds is 4. The molecule has 2 aromatic rings. The first-order chi connectivity index (χ1) is 10.8. The molecule has 0 spiro atoms. The van der Waals surface area contributed by atoms with E-state index < -0.39 is 39.0 Å². The fraction of sp³-hybridized carbons (Fsp3) is 0.500. The second kappa shape index (κ2) is 6.66. The standard InChI is InChI=1S/C10H14N5O7P.H2O/c11-8-5-9(13-2-12-8)15(3-14-5)10-7(17)6(16)4(22-10)1-21-23(18,19)20;/h2-4,6-7,10,16-17H,1H2,(H2,11,12,13)(H2,18,19,20);1H2/t4-,6?,7?,10-;/m1./s1. The van der Waals surface area contributed by atoms with Gasteiger partial charge in [0.25, 0.3) is 0 Å². The third-order valence-electron chi connectivity index (χ3n) is 3.41. The molecule has 1 saturated heterocycles. The fourth-order valence-electron chi connectivity index (χ4n) is 2.32. The highest BCUT2D eigenvalue weighted by Crippen LogP contribution is 2.38. The van der Waals surface area contributed by atoms with Gasteiger partial charge in [0.1, 0.15) is 30.2 Å². The van der Waals surface area contributed by atoms with Crippen molar-refractivity contribution in [1.29, 1.82) is 0 Å². The fourth-order valence-corrected chi connectivity index (χ4v) is 2.66. The zero-order valence-electron chi connectivity index (χ0n) is 12.0. The molecule has 0 bridgehead atoms. The van der Waals surface area contributed by atoms with Crippen molar-refractivity contribution in [3.8, 4) is 0 Å². The normalized spacial score (nSPS) is 27.3. The molecule has 14 heteroatoms. The number of nitrogens with two attached hydrogens (primary N) is 1. The third-order valence-corrected chi connectivity index (χ3v) is 3.89. The van der Waals surface area contributed by atoms with E-state index in [4.69, 9.17) is 20.3 Å². The van der Waals surface area contributed by atoms with Crippen LogP contribution in [0.15, 0.2) is 12.7 Å². The van der Waals surface area contributed by atoms with Crippen molar-refractivity contribution in [2.24, 2.45) is 0 Å². The largest absolute Gasteiger partial charge is 0.469 e. The number of hydrogen-bond acceptors (Lipinski definition) is 9. The lowest BCUT2D eigenvalue weighted by atomic mass is 10.1. The topological polar surface area (TPSA) is 218 Å². The molecular weight excluding hydrogens is 349 g/mol. The molecule has 24 heavy (non-hydrogen) atoms. The van der Waals surface area contributed by atoms with E-state index in [9.17, 15) is 14.8 Å². The molecule has 0 aliphatic carbocycles. The average Bonchev–Trinajstić information content (AvgIpc) is 3.01. The van der Waals surface area contributed by atoms with Gasteiger partial charge in [-0.3, -0.25) is 9.09 Å². The minimum absolute atomic E-state index is 0. The van der Waals surface area contributed by atoms with Gasteiger partial charge in [0, 0.05) is 0 Å². The molecule has 1 aliphatic rings. The second-order valence-corrected chi connectivity index (χ2v) is 6.15. The Balaban J connectivity index is 0.00000208. The summed E-state index contributed by atoms with van der Waals surface area (Å²) >= 11 is 0. The number of aliphatic hydroxyl groups excluding tert-OH is 2. The van der Waals surface area contributed by atoms with Crippen molar-refractivity contribution in [3.63, 3.8) is 0 Å². The molecule has 1 fully saturated rings. The van der Waals surface area contributed by atoms with Gasteiger partial charge in [-0.2, -0.15) is 0 Å². The first kappa shape index (κ1) is 18.6. The zero-order valence-corrected chi connectivity index (χ0v) is 12.9. The summed E-state index contributed by atoms with van der Waals surface area (Å²) in [6, 6.07) is 0. The van der Waals surface area contributed by atoms with E-state index in [-0.39, 0.29) is 16.9 Å². The maximum atomic E-state index is 10.7. The van der Waals surface area contributed by atoms with Crippen LogP contribution >= 0.6 is 7.82 Å². The molecule has 0 radical (unpaired) electrons. The molecule has 0 saturated carbocycles. The van der Waals surface area contributed by atoms with Gasteiger partial charge < -0.3 is 35.9 Å². The number of nitrogens with zero attached hydrogens (tertiary/aromatic N) is 4. The van der Waals surface area contributed by atoms with Gasteiger partial charge in [0.15, 0.2) is 17.7 Å². The summed E-state index contributed by atoms with van der Waals surface area (Å²) in [7, 11) is -4.72. The number of nitrogen functional groups attached to an aromatic ring is 1. The van der Waals surface area contributed by atoms with Crippen molar-refractivity contribution < 1.29 is 39.3 Å². The summed E-state index contributed by atoms with van der Waals surface area (Å²) < 4.78 is 21.8. The van der Waals surface area contributed by atoms with Crippen LogP contribution in [0.1, 0.15) is 6.23 Å². The van der Waals surface area contributed by atoms with Gasteiger partial charge in [-0.25, -0.2) is 19.5 Å². The van der Waals surface area contributed by atoms with Crippen molar-refractivity contribution in [2.45, 2.75) is 24.5 Å². The van der Waals surface area contributed by atoms with Gasteiger partial charge in [0.05, 0.1) is 12.9 Å². The number of anilines is 1. The number of fused-ring (bicyclic) bond motifs is 1. The predicted octanol–water partition coefficient (Wildman–Crippen LogP) is -2.69. The lowest BCUT2D eigenvalue weighted by Crippen LogP contribution is -2.33. The molecule has 13 nitrogen and oxygen atoms in total. The molecule has 0 amide bonds. The Morgan fingerprint density at radius 3 is 2.67 bits per heavy atom. The maximum Gasteiger partial charge on any atom is 0.469 e. The average molecular weight is 365 g/mol. The number of phosphoric acid groups is 1. The van der Waals surface area contributed by atoms with Crippen LogP contribution in [-0.2, 0) is 13.8 Å². The van der Waals surface area contributed by atoms with E-state index in [1.54, 1.807) is 0 Å². The Morgan fingerprint density at radius 2 is 2.00 bits per heavy atom. The summed E-state index contributed by atoms with van der Waals surface area (Å²) in [5.41, 5.74) is 6.25. The lowest BCUT2D eigenvalue weighted by Gasteiger charge is -2.16. The highest BCUT2D eigenvalue weighted by molar-refractivity contribution is 7.46. The SMILES string of the molecule is Nc1ncnc2c1ncn2[C@@H]1O[C@H](COP(=O)(O)O)C(O)C1O.O. The summed E-state index contributed by atoms with van der Waals surface area (Å²) in [6.45, 7) is -0.594. The maximum absolute atomic E-state index is 10.7. The summed E-state index contributed by atoms with van der Waals surface area (Å²) in [5, 5.41) is 20.1. The number of aromatic nitrogens is 4. The number of phosphoric ester groups is 1. The van der Waals surface area contributed by atoms with Crippen LogP contribution in [0.2, 0.25) is 0 Å². The molecular formula is C10H16N5O8P. The van der Waals surface area contributed by atoms with Crippen LogP contribution in [0.3, 0.4) is 0 Å². The van der Waals surface area contributed by atoms with Crippen LogP contribution < -0.4 is 5.73 Å². The van der Waals surface area contributed by atoms with Gasteiger partial charge in [-0.1, -0.05) is 0 Å². The first-order valence-electron chi connectivity index (χ1n) is 6.42. The number of imidazole rings is 1. The van der Waals surface area contributed by atoms with E-state index >= 15 is 0 Å². The van der Waals surface area contributed by atoms with Gasteiger partial charge >= 0.3 is 7.82 Å². The Bertz CT molecular complexity index is 765. The molecule has 134 valence electrons. The van der Waals surface area contributed by atoms with Gasteiger partial charge in [0.2, 0.25) is 0 Å². The number of aliphatic hydroxyl groups is 2. The van der Waals surface area contributed by atoms with Crippen LogP contribution in [0.5, 0.6) is 0 Å². The quantitative estimate of drug-likeness (QED) is 0.351. The first-order valence-corrected chi connectivity index (χ1v) is 7.95.